The highest BCUT2D eigenvalue weighted by molar-refractivity contribution is 5.44. The zero-order chi connectivity index (χ0) is 15.4. The Labute approximate surface area is 117 Å². The van der Waals surface area contributed by atoms with Crippen molar-refractivity contribution in [3.8, 4) is 0 Å². The first kappa shape index (κ1) is 14.4. The fourth-order valence-corrected chi connectivity index (χ4v) is 1.69. The second kappa shape index (κ2) is 5.95. The van der Waals surface area contributed by atoms with Crippen LogP contribution < -0.4 is 11.2 Å². The largest absolute Gasteiger partial charge is 0.328 e. The molecule has 0 saturated carbocycles. The predicted molar refractivity (Wildman–Crippen MR) is 72.9 cm³/mol. The van der Waals surface area contributed by atoms with Gasteiger partial charge in [0.25, 0.3) is 5.56 Å². The van der Waals surface area contributed by atoms with Crippen molar-refractivity contribution in [3.05, 3.63) is 84.6 Å². The van der Waals surface area contributed by atoms with Gasteiger partial charge in [0.1, 0.15) is 5.82 Å². The summed E-state index contributed by atoms with van der Waals surface area (Å²) in [5, 5.41) is 10.3. The SMILES string of the molecule is O=c1[nH]c(=O)n(Cc2ccc(F)cc2)cc1/C=C/[N+](=O)[O-]. The maximum atomic E-state index is 12.8. The van der Waals surface area contributed by atoms with Crippen molar-refractivity contribution in [2.24, 2.45) is 0 Å². The van der Waals surface area contributed by atoms with E-state index in [4.69, 9.17) is 0 Å². The van der Waals surface area contributed by atoms with Crippen LogP contribution in [-0.4, -0.2) is 14.5 Å². The van der Waals surface area contributed by atoms with E-state index < -0.39 is 22.0 Å². The molecule has 1 N–H and O–H groups in total. The number of aromatic amines is 1. The first-order chi connectivity index (χ1) is 9.95. The van der Waals surface area contributed by atoms with Crippen LogP contribution in [0.2, 0.25) is 0 Å². The third-order valence-corrected chi connectivity index (χ3v) is 2.68. The number of halogens is 1. The van der Waals surface area contributed by atoms with Gasteiger partial charge in [-0.05, 0) is 17.7 Å². The number of rotatable bonds is 4. The number of benzene rings is 1. The Morgan fingerprint density at radius 2 is 1.95 bits per heavy atom. The molecule has 8 heteroatoms. The van der Waals surface area contributed by atoms with Gasteiger partial charge in [-0.15, -0.1) is 0 Å². The molecule has 2 aromatic rings. The van der Waals surface area contributed by atoms with Gasteiger partial charge in [-0.25, -0.2) is 9.18 Å². The third kappa shape index (κ3) is 3.72. The molecule has 0 aliphatic heterocycles. The first-order valence-electron chi connectivity index (χ1n) is 5.85. The summed E-state index contributed by atoms with van der Waals surface area (Å²) in [4.78, 5) is 34.8. The molecule has 0 saturated heterocycles. The Morgan fingerprint density at radius 1 is 1.29 bits per heavy atom. The van der Waals surface area contributed by atoms with Gasteiger partial charge in [-0.2, -0.15) is 0 Å². The molecule has 0 bridgehead atoms. The van der Waals surface area contributed by atoms with E-state index in [0.717, 1.165) is 6.08 Å². The van der Waals surface area contributed by atoms with Gasteiger partial charge in [-0.1, -0.05) is 12.1 Å². The van der Waals surface area contributed by atoms with Crippen LogP contribution in [0.5, 0.6) is 0 Å². The highest BCUT2D eigenvalue weighted by Gasteiger charge is 2.04. The summed E-state index contributed by atoms with van der Waals surface area (Å²) in [5.41, 5.74) is -0.737. The maximum Gasteiger partial charge on any atom is 0.328 e. The lowest BCUT2D eigenvalue weighted by Gasteiger charge is -2.06. The summed E-state index contributed by atoms with van der Waals surface area (Å²) in [7, 11) is 0. The summed E-state index contributed by atoms with van der Waals surface area (Å²) in [6.07, 6.45) is 2.82. The normalized spacial score (nSPS) is 10.9. The van der Waals surface area contributed by atoms with Gasteiger partial charge in [0.2, 0.25) is 6.20 Å². The molecule has 1 heterocycles. The highest BCUT2D eigenvalue weighted by Crippen LogP contribution is 2.04. The van der Waals surface area contributed by atoms with Crippen molar-refractivity contribution in [1.29, 1.82) is 0 Å². The molecule has 0 amide bonds. The molecule has 0 aliphatic carbocycles. The van der Waals surface area contributed by atoms with E-state index in [9.17, 15) is 24.1 Å². The van der Waals surface area contributed by atoms with E-state index >= 15 is 0 Å². The van der Waals surface area contributed by atoms with Gasteiger partial charge in [0.05, 0.1) is 17.0 Å². The summed E-state index contributed by atoms with van der Waals surface area (Å²) in [6.45, 7) is 0.106. The second-order valence-electron chi connectivity index (χ2n) is 4.20. The Bertz CT molecular complexity index is 805. The van der Waals surface area contributed by atoms with Crippen molar-refractivity contribution >= 4 is 6.08 Å². The molecule has 7 nitrogen and oxygen atoms in total. The van der Waals surface area contributed by atoms with E-state index in [0.29, 0.717) is 11.8 Å². The first-order valence-corrected chi connectivity index (χ1v) is 5.85. The molecule has 21 heavy (non-hydrogen) atoms. The molecule has 108 valence electrons. The standard InChI is InChI=1S/C13H10FN3O4/c14-11-3-1-9(2-4-11)7-16-8-10(5-6-17(20)21)12(18)15-13(16)19/h1-6,8H,7H2,(H,15,18,19)/b6-5+. The van der Waals surface area contributed by atoms with Crippen molar-refractivity contribution in [2.75, 3.05) is 0 Å². The molecule has 0 radical (unpaired) electrons. The van der Waals surface area contributed by atoms with Gasteiger partial charge in [0.15, 0.2) is 0 Å². The van der Waals surface area contributed by atoms with E-state index in [2.05, 4.69) is 4.98 Å². The average molecular weight is 291 g/mol. The van der Waals surface area contributed by atoms with Gasteiger partial charge in [0, 0.05) is 12.3 Å². The number of nitro groups is 1. The van der Waals surface area contributed by atoms with Gasteiger partial charge < -0.3 is 0 Å². The van der Waals surface area contributed by atoms with Crippen LogP contribution in [-0.2, 0) is 6.54 Å². The molecule has 1 aromatic heterocycles. The van der Waals surface area contributed by atoms with Crippen LogP contribution >= 0.6 is 0 Å². The zero-order valence-corrected chi connectivity index (χ0v) is 10.7. The average Bonchev–Trinajstić information content (AvgIpc) is 2.42. The fraction of sp³-hybridized carbons (Fsp3) is 0.0769. The van der Waals surface area contributed by atoms with Crippen LogP contribution in [0.1, 0.15) is 11.1 Å². The van der Waals surface area contributed by atoms with Crippen LogP contribution in [0.3, 0.4) is 0 Å². The topological polar surface area (TPSA) is 98.0 Å². The van der Waals surface area contributed by atoms with Gasteiger partial charge >= 0.3 is 5.69 Å². The van der Waals surface area contributed by atoms with Crippen LogP contribution in [0.15, 0.2) is 46.3 Å². The molecule has 0 unspecified atom stereocenters. The Morgan fingerprint density at radius 3 is 2.57 bits per heavy atom. The second-order valence-corrected chi connectivity index (χ2v) is 4.20. The minimum atomic E-state index is -0.714. The molecular weight excluding hydrogens is 281 g/mol. The number of H-pyrrole nitrogens is 1. The summed E-state index contributed by atoms with van der Waals surface area (Å²) >= 11 is 0. The van der Waals surface area contributed by atoms with Crippen molar-refractivity contribution < 1.29 is 9.31 Å². The summed E-state index contributed by atoms with van der Waals surface area (Å²) in [6, 6.07) is 5.50. The minimum absolute atomic E-state index is 0.0200. The van der Waals surface area contributed by atoms with E-state index in [1.807, 2.05) is 0 Å². The van der Waals surface area contributed by atoms with Gasteiger partial charge in [-0.3, -0.25) is 24.5 Å². The number of hydrogen-bond acceptors (Lipinski definition) is 4. The molecule has 1 aromatic carbocycles. The van der Waals surface area contributed by atoms with E-state index in [-0.39, 0.29) is 12.1 Å². The van der Waals surface area contributed by atoms with E-state index in [1.54, 1.807) is 0 Å². The molecule has 0 spiro atoms. The Balaban J connectivity index is 2.37. The molecule has 0 atom stereocenters. The molecule has 0 fully saturated rings. The molecular formula is C13H10FN3O4. The predicted octanol–water partition coefficient (Wildman–Crippen LogP) is 0.971. The van der Waals surface area contributed by atoms with Crippen molar-refractivity contribution in [2.45, 2.75) is 6.54 Å². The highest BCUT2D eigenvalue weighted by atomic mass is 19.1. The lowest BCUT2D eigenvalue weighted by Crippen LogP contribution is -2.31. The Kier molecular flexibility index (Phi) is 4.07. The number of nitrogens with zero attached hydrogens (tertiary/aromatic N) is 2. The number of nitrogens with one attached hydrogen (secondary N) is 1. The fourth-order valence-electron chi connectivity index (χ4n) is 1.69. The monoisotopic (exact) mass is 291 g/mol. The summed E-state index contributed by atoms with van der Waals surface area (Å²) in [5.74, 6) is -0.401. The smallest absolute Gasteiger partial charge is 0.296 e. The lowest BCUT2D eigenvalue weighted by atomic mass is 10.2. The summed E-state index contributed by atoms with van der Waals surface area (Å²) < 4.78 is 14.0. The van der Waals surface area contributed by atoms with Crippen LogP contribution in [0.4, 0.5) is 4.39 Å². The van der Waals surface area contributed by atoms with Crippen LogP contribution in [0, 0.1) is 15.9 Å². The van der Waals surface area contributed by atoms with Crippen LogP contribution in [0.25, 0.3) is 6.08 Å². The molecule has 0 aliphatic rings. The quantitative estimate of drug-likeness (QED) is 0.670. The molecule has 2 rings (SSSR count). The van der Waals surface area contributed by atoms with Crippen molar-refractivity contribution in [1.82, 2.24) is 9.55 Å². The maximum absolute atomic E-state index is 12.8. The minimum Gasteiger partial charge on any atom is -0.296 e. The van der Waals surface area contributed by atoms with Crippen molar-refractivity contribution in [3.63, 3.8) is 0 Å². The van der Waals surface area contributed by atoms with E-state index in [1.165, 1.54) is 35.0 Å². The Hall–Kier alpha value is -3.03. The zero-order valence-electron chi connectivity index (χ0n) is 10.7. The third-order valence-electron chi connectivity index (χ3n) is 2.68. The number of hydrogen-bond donors (Lipinski definition) is 1. The number of aromatic nitrogens is 2. The lowest BCUT2D eigenvalue weighted by molar-refractivity contribution is -0.400.